The van der Waals surface area contributed by atoms with E-state index in [9.17, 15) is 4.79 Å². The van der Waals surface area contributed by atoms with E-state index >= 15 is 0 Å². The Morgan fingerprint density at radius 2 is 2.35 bits per heavy atom. The molecule has 0 aliphatic heterocycles. The predicted octanol–water partition coefficient (Wildman–Crippen LogP) is 0.149. The number of hydrogen-bond acceptors (Lipinski definition) is 6. The number of nitrogen functional groups attached to an aromatic ring is 1. The zero-order valence-corrected chi connectivity index (χ0v) is 9.20. The van der Waals surface area contributed by atoms with Crippen molar-refractivity contribution in [3.8, 4) is 0 Å². The number of aromatic nitrogens is 4. The van der Waals surface area contributed by atoms with Gasteiger partial charge in [-0.25, -0.2) is 4.79 Å². The maximum absolute atomic E-state index is 11.6. The van der Waals surface area contributed by atoms with E-state index in [-0.39, 0.29) is 6.61 Å². The lowest BCUT2D eigenvalue weighted by Crippen LogP contribution is -2.06. The second-order valence-electron chi connectivity index (χ2n) is 3.40. The molecule has 2 N–H and O–H groups in total. The van der Waals surface area contributed by atoms with Gasteiger partial charge in [-0.3, -0.25) is 0 Å². The number of ether oxygens (including phenoxy) is 1. The predicted molar refractivity (Wildman–Crippen MR) is 58.8 cm³/mol. The molecule has 7 nitrogen and oxygen atoms in total. The first kappa shape index (κ1) is 11.1. The molecule has 0 bridgehead atoms. The molecule has 0 unspecified atom stereocenters. The number of nitrogens with two attached hydrogens (primary N) is 1. The SMILES string of the molecule is Cn1nnc(COC(=O)c2cccc(N)c2)n1. The highest BCUT2D eigenvalue weighted by molar-refractivity contribution is 5.90. The fraction of sp³-hybridized carbons (Fsp3) is 0.200. The van der Waals surface area contributed by atoms with E-state index in [4.69, 9.17) is 10.5 Å². The number of aryl methyl sites for hydroxylation is 1. The first-order valence-corrected chi connectivity index (χ1v) is 4.90. The Kier molecular flexibility index (Phi) is 2.99. The molecule has 0 aliphatic carbocycles. The Labute approximate surface area is 97.2 Å². The van der Waals surface area contributed by atoms with Crippen LogP contribution in [0.3, 0.4) is 0 Å². The van der Waals surface area contributed by atoms with Gasteiger partial charge >= 0.3 is 5.97 Å². The lowest BCUT2D eigenvalue weighted by molar-refractivity contribution is 0.0462. The van der Waals surface area contributed by atoms with E-state index in [1.165, 1.54) is 4.80 Å². The number of nitrogens with zero attached hydrogens (tertiary/aromatic N) is 4. The molecule has 7 heteroatoms. The van der Waals surface area contributed by atoms with Gasteiger partial charge in [-0.1, -0.05) is 6.07 Å². The van der Waals surface area contributed by atoms with Gasteiger partial charge in [0.05, 0.1) is 12.6 Å². The molecule has 1 heterocycles. The minimum atomic E-state index is -0.468. The van der Waals surface area contributed by atoms with E-state index in [2.05, 4.69) is 15.4 Å². The first-order chi connectivity index (χ1) is 8.15. The normalized spacial score (nSPS) is 10.2. The van der Waals surface area contributed by atoms with Crippen molar-refractivity contribution in [3.05, 3.63) is 35.7 Å². The van der Waals surface area contributed by atoms with Crippen LogP contribution in [0, 0.1) is 0 Å². The maximum Gasteiger partial charge on any atom is 0.338 e. The number of anilines is 1. The highest BCUT2D eigenvalue weighted by atomic mass is 16.5. The summed E-state index contributed by atoms with van der Waals surface area (Å²) in [6.07, 6.45) is 0. The number of tetrazole rings is 1. The molecule has 0 saturated heterocycles. The summed E-state index contributed by atoms with van der Waals surface area (Å²) in [5.74, 6) is -0.116. The highest BCUT2D eigenvalue weighted by Crippen LogP contribution is 2.08. The average molecular weight is 233 g/mol. The summed E-state index contributed by atoms with van der Waals surface area (Å²) in [6, 6.07) is 6.56. The van der Waals surface area contributed by atoms with Crippen LogP contribution in [0.25, 0.3) is 0 Å². The zero-order chi connectivity index (χ0) is 12.3. The summed E-state index contributed by atoms with van der Waals surface area (Å²) >= 11 is 0. The van der Waals surface area contributed by atoms with E-state index in [0.29, 0.717) is 17.1 Å². The van der Waals surface area contributed by atoms with Crippen molar-refractivity contribution in [3.63, 3.8) is 0 Å². The molecular weight excluding hydrogens is 222 g/mol. The zero-order valence-electron chi connectivity index (χ0n) is 9.20. The third-order valence-electron chi connectivity index (χ3n) is 2.00. The topological polar surface area (TPSA) is 95.9 Å². The number of benzene rings is 1. The van der Waals surface area contributed by atoms with Gasteiger partial charge in [-0.05, 0) is 23.4 Å². The fourth-order valence-electron chi connectivity index (χ4n) is 1.26. The monoisotopic (exact) mass is 233 g/mol. The van der Waals surface area contributed by atoms with Gasteiger partial charge in [0.25, 0.3) is 0 Å². The summed E-state index contributed by atoms with van der Waals surface area (Å²) in [7, 11) is 1.64. The molecule has 1 aromatic heterocycles. The molecule has 0 atom stereocenters. The van der Waals surface area contributed by atoms with Gasteiger partial charge < -0.3 is 10.5 Å². The molecule has 0 amide bonds. The van der Waals surface area contributed by atoms with Crippen molar-refractivity contribution in [2.24, 2.45) is 7.05 Å². The van der Waals surface area contributed by atoms with Crippen LogP contribution < -0.4 is 5.73 Å². The second-order valence-corrected chi connectivity index (χ2v) is 3.40. The minimum absolute atomic E-state index is 0.0124. The first-order valence-electron chi connectivity index (χ1n) is 4.90. The molecule has 0 fully saturated rings. The second kappa shape index (κ2) is 4.60. The van der Waals surface area contributed by atoms with E-state index < -0.39 is 5.97 Å². The van der Waals surface area contributed by atoms with Crippen molar-refractivity contribution in [1.29, 1.82) is 0 Å². The van der Waals surface area contributed by atoms with Crippen LogP contribution in [-0.4, -0.2) is 26.2 Å². The molecule has 0 saturated carbocycles. The van der Waals surface area contributed by atoms with Gasteiger partial charge in [0.1, 0.15) is 0 Å². The Morgan fingerprint density at radius 3 is 3.00 bits per heavy atom. The largest absolute Gasteiger partial charge is 0.454 e. The van der Waals surface area contributed by atoms with E-state index in [1.807, 2.05) is 0 Å². The van der Waals surface area contributed by atoms with Crippen LogP contribution in [0.1, 0.15) is 16.2 Å². The van der Waals surface area contributed by atoms with Gasteiger partial charge in [0, 0.05) is 5.69 Å². The highest BCUT2D eigenvalue weighted by Gasteiger charge is 2.09. The Morgan fingerprint density at radius 1 is 1.53 bits per heavy atom. The van der Waals surface area contributed by atoms with Gasteiger partial charge in [0.2, 0.25) is 5.82 Å². The van der Waals surface area contributed by atoms with Crippen molar-refractivity contribution in [1.82, 2.24) is 20.2 Å². The molecule has 17 heavy (non-hydrogen) atoms. The summed E-state index contributed by atoms with van der Waals surface area (Å²) in [4.78, 5) is 12.9. The average Bonchev–Trinajstić information content (AvgIpc) is 2.72. The molecule has 88 valence electrons. The molecule has 0 spiro atoms. The van der Waals surface area contributed by atoms with Crippen molar-refractivity contribution >= 4 is 11.7 Å². The third kappa shape index (κ3) is 2.77. The Balaban J connectivity index is 1.98. The molecule has 2 rings (SSSR count). The van der Waals surface area contributed by atoms with Crippen molar-refractivity contribution < 1.29 is 9.53 Å². The lowest BCUT2D eigenvalue weighted by atomic mass is 10.2. The fourth-order valence-corrected chi connectivity index (χ4v) is 1.26. The van der Waals surface area contributed by atoms with Crippen molar-refractivity contribution in [2.75, 3.05) is 5.73 Å². The maximum atomic E-state index is 11.6. The summed E-state index contributed by atoms with van der Waals surface area (Å²) in [5, 5.41) is 11.2. The quantitative estimate of drug-likeness (QED) is 0.598. The van der Waals surface area contributed by atoms with Crippen LogP contribution in [0.4, 0.5) is 5.69 Å². The van der Waals surface area contributed by atoms with Crippen LogP contribution >= 0.6 is 0 Å². The smallest absolute Gasteiger partial charge is 0.338 e. The van der Waals surface area contributed by atoms with Crippen LogP contribution in [-0.2, 0) is 18.4 Å². The van der Waals surface area contributed by atoms with Gasteiger partial charge in [-0.2, -0.15) is 4.80 Å². The van der Waals surface area contributed by atoms with E-state index in [1.54, 1.807) is 31.3 Å². The summed E-state index contributed by atoms with van der Waals surface area (Å²) in [5.41, 5.74) is 6.47. The molecule has 0 aliphatic rings. The number of esters is 1. The molecule has 0 radical (unpaired) electrons. The molecule has 2 aromatic rings. The molecule has 1 aromatic carbocycles. The summed E-state index contributed by atoms with van der Waals surface area (Å²) < 4.78 is 5.01. The van der Waals surface area contributed by atoms with Gasteiger partial charge in [0.15, 0.2) is 6.61 Å². The Bertz CT molecular complexity index is 537. The summed E-state index contributed by atoms with van der Waals surface area (Å²) in [6.45, 7) is -0.0124. The molecular formula is C10H11N5O2. The Hall–Kier alpha value is -2.44. The van der Waals surface area contributed by atoms with Crippen LogP contribution in [0.5, 0.6) is 0 Å². The number of hydrogen-bond donors (Lipinski definition) is 1. The van der Waals surface area contributed by atoms with Crippen LogP contribution in [0.15, 0.2) is 24.3 Å². The number of carbonyl (C=O) groups excluding carboxylic acids is 1. The van der Waals surface area contributed by atoms with E-state index in [0.717, 1.165) is 0 Å². The lowest BCUT2D eigenvalue weighted by Gasteiger charge is -2.02. The minimum Gasteiger partial charge on any atom is -0.454 e. The number of rotatable bonds is 3. The number of carbonyl (C=O) groups is 1. The standard InChI is InChI=1S/C10H11N5O2/c1-15-13-9(12-14-15)6-17-10(16)7-3-2-4-8(11)5-7/h2-5H,6,11H2,1H3. The third-order valence-corrected chi connectivity index (χ3v) is 2.00. The van der Waals surface area contributed by atoms with Gasteiger partial charge in [-0.15, -0.1) is 10.2 Å². The van der Waals surface area contributed by atoms with Crippen LogP contribution in [0.2, 0.25) is 0 Å². The van der Waals surface area contributed by atoms with Crippen molar-refractivity contribution in [2.45, 2.75) is 6.61 Å².